The largest absolute Gasteiger partial charge is 0.497 e. The van der Waals surface area contributed by atoms with Gasteiger partial charge >= 0.3 is 0 Å². The molecule has 0 aliphatic carbocycles. The van der Waals surface area contributed by atoms with E-state index in [1.54, 1.807) is 25.3 Å². The molecule has 3 heteroatoms. The molecule has 0 aliphatic heterocycles. The maximum atomic E-state index is 12.2. The molecule has 0 saturated heterocycles. The Morgan fingerprint density at radius 2 is 1.78 bits per heavy atom. The Morgan fingerprint density at radius 3 is 2.39 bits per heavy atom. The van der Waals surface area contributed by atoms with Crippen LogP contribution in [0.3, 0.4) is 0 Å². The topological polar surface area (TPSA) is 29.5 Å². The first kappa shape index (κ1) is 16.8. The first-order valence-corrected chi connectivity index (χ1v) is 7.89. The van der Waals surface area contributed by atoms with E-state index in [1.807, 2.05) is 30.3 Å². The first-order chi connectivity index (χ1) is 11.2. The van der Waals surface area contributed by atoms with Crippen LogP contribution in [0.4, 0.5) is 5.69 Å². The molecule has 0 heterocycles. The highest BCUT2D eigenvalue weighted by Gasteiger charge is 2.03. The molecule has 0 unspecified atom stereocenters. The molecule has 23 heavy (non-hydrogen) atoms. The van der Waals surface area contributed by atoms with E-state index >= 15 is 0 Å². The van der Waals surface area contributed by atoms with Crippen LogP contribution in [0.5, 0.6) is 5.75 Å². The number of ether oxygens (including phenoxy) is 1. The Hall–Kier alpha value is -2.55. The Morgan fingerprint density at radius 1 is 1.09 bits per heavy atom. The molecule has 2 aromatic carbocycles. The average molecular weight is 309 g/mol. The number of nitrogens with zero attached hydrogens (tertiary/aromatic N) is 1. The zero-order valence-electron chi connectivity index (χ0n) is 14.0. The van der Waals surface area contributed by atoms with Gasteiger partial charge < -0.3 is 9.64 Å². The highest BCUT2D eigenvalue weighted by atomic mass is 16.5. The second-order valence-electron chi connectivity index (χ2n) is 5.19. The van der Waals surface area contributed by atoms with E-state index < -0.39 is 0 Å². The summed E-state index contributed by atoms with van der Waals surface area (Å²) in [5.74, 6) is 0.657. The molecule has 2 rings (SSSR count). The third-order valence-electron chi connectivity index (χ3n) is 3.80. The van der Waals surface area contributed by atoms with Crippen molar-refractivity contribution in [2.24, 2.45) is 0 Å². The average Bonchev–Trinajstić information content (AvgIpc) is 2.61. The smallest absolute Gasteiger partial charge is 0.185 e. The van der Waals surface area contributed by atoms with Gasteiger partial charge in [-0.2, -0.15) is 0 Å². The third-order valence-corrected chi connectivity index (χ3v) is 3.80. The minimum absolute atomic E-state index is 0.0308. The summed E-state index contributed by atoms with van der Waals surface area (Å²) >= 11 is 0. The fourth-order valence-electron chi connectivity index (χ4n) is 2.43. The highest BCUT2D eigenvalue weighted by Crippen LogP contribution is 2.17. The lowest BCUT2D eigenvalue weighted by Crippen LogP contribution is -2.21. The van der Waals surface area contributed by atoms with Crippen molar-refractivity contribution < 1.29 is 9.53 Å². The number of hydrogen-bond donors (Lipinski definition) is 0. The van der Waals surface area contributed by atoms with Gasteiger partial charge in [-0.25, -0.2) is 0 Å². The van der Waals surface area contributed by atoms with E-state index in [4.69, 9.17) is 4.74 Å². The van der Waals surface area contributed by atoms with Crippen molar-refractivity contribution in [2.45, 2.75) is 13.8 Å². The summed E-state index contributed by atoms with van der Waals surface area (Å²) in [5.41, 5.74) is 2.84. The molecule has 0 amide bonds. The van der Waals surface area contributed by atoms with E-state index in [2.05, 4.69) is 30.9 Å². The normalized spacial score (nSPS) is 10.7. The standard InChI is InChI=1S/C20H23NO2/c1-4-21(5-2)18-12-9-16(10-13-18)11-14-20(22)17-7-6-8-19(15-17)23-3/h6-15H,4-5H2,1-3H3. The van der Waals surface area contributed by atoms with Crippen LogP contribution < -0.4 is 9.64 Å². The van der Waals surface area contributed by atoms with Gasteiger partial charge in [0.25, 0.3) is 0 Å². The van der Waals surface area contributed by atoms with Crippen molar-refractivity contribution in [1.29, 1.82) is 0 Å². The Kier molecular flexibility index (Phi) is 5.98. The molecule has 120 valence electrons. The van der Waals surface area contributed by atoms with E-state index in [9.17, 15) is 4.79 Å². The first-order valence-electron chi connectivity index (χ1n) is 7.89. The number of carbonyl (C=O) groups excluding carboxylic acids is 1. The van der Waals surface area contributed by atoms with E-state index in [0.29, 0.717) is 11.3 Å². The Bertz CT molecular complexity index is 670. The zero-order chi connectivity index (χ0) is 16.7. The van der Waals surface area contributed by atoms with Crippen LogP contribution in [-0.2, 0) is 0 Å². The molecule has 0 atom stereocenters. The molecule has 0 fully saturated rings. The lowest BCUT2D eigenvalue weighted by atomic mass is 10.1. The lowest BCUT2D eigenvalue weighted by Gasteiger charge is -2.20. The molecule has 0 N–H and O–H groups in total. The number of anilines is 1. The van der Waals surface area contributed by atoms with Crippen LogP contribution in [0, 0.1) is 0 Å². The number of allylic oxidation sites excluding steroid dienone is 1. The number of rotatable bonds is 7. The van der Waals surface area contributed by atoms with Crippen LogP contribution >= 0.6 is 0 Å². The van der Waals surface area contributed by atoms with Crippen molar-refractivity contribution in [2.75, 3.05) is 25.1 Å². The van der Waals surface area contributed by atoms with Gasteiger partial charge in [-0.05, 0) is 49.8 Å². The molecular weight excluding hydrogens is 286 g/mol. The van der Waals surface area contributed by atoms with Gasteiger partial charge in [0.05, 0.1) is 7.11 Å². The minimum atomic E-state index is -0.0308. The molecule has 3 nitrogen and oxygen atoms in total. The fourth-order valence-corrected chi connectivity index (χ4v) is 2.43. The Labute approximate surface area is 138 Å². The Balaban J connectivity index is 2.08. The maximum Gasteiger partial charge on any atom is 0.185 e. The van der Waals surface area contributed by atoms with Gasteiger partial charge in [0, 0.05) is 24.3 Å². The van der Waals surface area contributed by atoms with E-state index in [-0.39, 0.29) is 5.78 Å². The van der Waals surface area contributed by atoms with Crippen molar-refractivity contribution in [3.8, 4) is 5.75 Å². The summed E-state index contributed by atoms with van der Waals surface area (Å²) in [7, 11) is 1.59. The van der Waals surface area contributed by atoms with Crippen molar-refractivity contribution in [3.63, 3.8) is 0 Å². The second-order valence-corrected chi connectivity index (χ2v) is 5.19. The predicted molar refractivity (Wildman–Crippen MR) is 96.4 cm³/mol. The number of carbonyl (C=O) groups is 1. The van der Waals surface area contributed by atoms with Crippen LogP contribution in [0.1, 0.15) is 29.8 Å². The van der Waals surface area contributed by atoms with Gasteiger partial charge in [0.1, 0.15) is 5.75 Å². The number of ketones is 1. The van der Waals surface area contributed by atoms with Crippen molar-refractivity contribution in [3.05, 3.63) is 65.7 Å². The van der Waals surface area contributed by atoms with Crippen molar-refractivity contribution in [1.82, 2.24) is 0 Å². The zero-order valence-corrected chi connectivity index (χ0v) is 14.0. The molecule has 0 spiro atoms. The molecule has 2 aromatic rings. The van der Waals surface area contributed by atoms with Crippen LogP contribution in [0.25, 0.3) is 6.08 Å². The molecule has 0 bridgehead atoms. The second kappa shape index (κ2) is 8.18. The molecule has 0 aliphatic rings. The van der Waals surface area contributed by atoms with Crippen LogP contribution in [-0.4, -0.2) is 26.0 Å². The van der Waals surface area contributed by atoms with Crippen LogP contribution in [0.2, 0.25) is 0 Å². The van der Waals surface area contributed by atoms with Crippen molar-refractivity contribution >= 4 is 17.5 Å². The number of hydrogen-bond acceptors (Lipinski definition) is 3. The summed E-state index contributed by atoms with van der Waals surface area (Å²) in [4.78, 5) is 14.5. The molecular formula is C20H23NO2. The summed E-state index contributed by atoms with van der Waals surface area (Å²) in [6.07, 6.45) is 3.44. The monoisotopic (exact) mass is 309 g/mol. The quantitative estimate of drug-likeness (QED) is 0.559. The SMILES string of the molecule is CCN(CC)c1ccc(C=CC(=O)c2cccc(OC)c2)cc1. The summed E-state index contributed by atoms with van der Waals surface area (Å²) in [6, 6.07) is 15.4. The van der Waals surface area contributed by atoms with Crippen LogP contribution in [0.15, 0.2) is 54.6 Å². The minimum Gasteiger partial charge on any atom is -0.497 e. The maximum absolute atomic E-state index is 12.2. The molecule has 0 radical (unpaired) electrons. The van der Waals surface area contributed by atoms with Gasteiger partial charge in [0.2, 0.25) is 0 Å². The molecule has 0 saturated carbocycles. The number of methoxy groups -OCH3 is 1. The highest BCUT2D eigenvalue weighted by molar-refractivity contribution is 6.07. The van der Waals surface area contributed by atoms with Gasteiger partial charge in [-0.1, -0.05) is 30.3 Å². The van der Waals surface area contributed by atoms with Gasteiger partial charge in [-0.3, -0.25) is 4.79 Å². The summed E-state index contributed by atoms with van der Waals surface area (Å²) < 4.78 is 5.14. The van der Waals surface area contributed by atoms with E-state index in [1.165, 1.54) is 5.69 Å². The van der Waals surface area contributed by atoms with Gasteiger partial charge in [0.15, 0.2) is 5.78 Å². The predicted octanol–water partition coefficient (Wildman–Crippen LogP) is 4.44. The van der Waals surface area contributed by atoms with Gasteiger partial charge in [-0.15, -0.1) is 0 Å². The third kappa shape index (κ3) is 4.46. The van der Waals surface area contributed by atoms with E-state index in [0.717, 1.165) is 18.7 Å². The number of benzene rings is 2. The lowest BCUT2D eigenvalue weighted by molar-refractivity contribution is 0.104. The summed E-state index contributed by atoms with van der Waals surface area (Å²) in [5, 5.41) is 0. The fraction of sp³-hybridized carbons (Fsp3) is 0.250. The summed E-state index contributed by atoms with van der Waals surface area (Å²) in [6.45, 7) is 6.26. The molecule has 0 aromatic heterocycles.